The van der Waals surface area contributed by atoms with Crippen molar-refractivity contribution in [2.45, 2.75) is 178 Å². The maximum absolute atomic E-state index is 13.3. The summed E-state index contributed by atoms with van der Waals surface area (Å²) in [5, 5.41) is 66.4. The molecule has 1 aliphatic carbocycles. The standard InChI is InChI=1S/C40H73N7O16/c1-37(2,3)61-34(53)44-16-20(48)15-43-17-21-12-13-22(41)32(58-21)59-28-23(42)14-24(46-31(52)25(49)18-45-35(54)62-38(4,5)6)29(26(28)50)60-33-27(51)30(40(10,56)19-57-33)47(11)36(55)63-39(7,8)9/h12,20,22-30,32-33,43,48-51,56H,13-19,41-42H2,1-11H3,(H,44,53)(H,45,54)(H,46,52)/t20?,22-,23+,24-,25+,26+,27-,28-,29+,30-,32-,33-,40+/m1/s1. The van der Waals surface area contributed by atoms with E-state index in [0.29, 0.717) is 5.76 Å². The Morgan fingerprint density at radius 2 is 1.40 bits per heavy atom. The number of aliphatic hydroxyl groups excluding tert-OH is 4. The highest BCUT2D eigenvalue weighted by atomic mass is 16.7. The summed E-state index contributed by atoms with van der Waals surface area (Å²) in [6.07, 6.45) is -12.3. The number of carbonyl (C=O) groups is 4. The number of likely N-dealkylation sites (N-methyl/N-ethyl adjacent to an activating group) is 1. The number of nitrogens with one attached hydrogen (secondary N) is 4. The SMILES string of the molecule is CN(C(=O)OC(C)(C)C)[C@@H]1[C@@H](O)[C@@H](O[C@@H]2[C@@H](O)[C@H](O[C@H]3OC(CNCC(O)CNC(=O)OC(C)(C)C)=CC[C@H]3N)[C@@H](N)C[C@H]2NC(=O)[C@@H](O)CNC(=O)OC(C)(C)C)OC[C@]1(C)O. The van der Waals surface area contributed by atoms with Crippen molar-refractivity contribution in [1.29, 1.82) is 0 Å². The van der Waals surface area contributed by atoms with Crippen LogP contribution in [0.2, 0.25) is 0 Å². The zero-order chi connectivity index (χ0) is 47.8. The number of rotatable bonds is 15. The fourth-order valence-electron chi connectivity index (χ4n) is 6.93. The number of carbonyl (C=O) groups excluding carboxylic acids is 4. The van der Waals surface area contributed by atoms with Crippen LogP contribution in [0.4, 0.5) is 14.4 Å². The number of ether oxygens (including phenoxy) is 7. The number of nitrogens with zero attached hydrogens (tertiary/aromatic N) is 1. The van der Waals surface area contributed by atoms with Crippen LogP contribution in [0.5, 0.6) is 0 Å². The summed E-state index contributed by atoms with van der Waals surface area (Å²) >= 11 is 0. The van der Waals surface area contributed by atoms with Gasteiger partial charge in [0.15, 0.2) is 6.29 Å². The molecule has 0 bridgehead atoms. The van der Waals surface area contributed by atoms with Crippen LogP contribution in [0.25, 0.3) is 0 Å². The smallest absolute Gasteiger partial charge is 0.410 e. The fourth-order valence-corrected chi connectivity index (χ4v) is 6.93. The predicted octanol–water partition coefficient (Wildman–Crippen LogP) is -1.64. The zero-order valence-electron chi connectivity index (χ0n) is 38.3. The van der Waals surface area contributed by atoms with Gasteiger partial charge in [0.05, 0.1) is 43.9 Å². The Hall–Kier alpha value is -3.62. The molecule has 1 saturated carbocycles. The van der Waals surface area contributed by atoms with Crippen LogP contribution in [0, 0.1) is 0 Å². The molecule has 63 heavy (non-hydrogen) atoms. The number of amides is 4. The van der Waals surface area contributed by atoms with Crippen LogP contribution in [0.1, 0.15) is 82.1 Å². The Morgan fingerprint density at radius 1 is 0.841 bits per heavy atom. The molecule has 3 aliphatic rings. The van der Waals surface area contributed by atoms with Crippen molar-refractivity contribution in [2.75, 3.05) is 39.8 Å². The minimum atomic E-state index is -1.81. The molecule has 13 N–H and O–H groups in total. The van der Waals surface area contributed by atoms with Crippen molar-refractivity contribution in [3.05, 3.63) is 11.8 Å². The summed E-state index contributed by atoms with van der Waals surface area (Å²) in [6.45, 7) is 15.5. The molecule has 0 aromatic carbocycles. The van der Waals surface area contributed by atoms with Crippen LogP contribution in [-0.2, 0) is 38.0 Å². The molecule has 3 rings (SSSR count). The first-order valence-electron chi connectivity index (χ1n) is 21.0. The molecule has 4 amide bonds. The van der Waals surface area contributed by atoms with Gasteiger partial charge in [-0.3, -0.25) is 4.79 Å². The maximum atomic E-state index is 13.3. The lowest BCUT2D eigenvalue weighted by atomic mass is 9.83. The molecule has 0 spiro atoms. The zero-order valence-corrected chi connectivity index (χ0v) is 38.3. The second-order valence-electron chi connectivity index (χ2n) is 19.4. The third kappa shape index (κ3) is 17.0. The van der Waals surface area contributed by atoms with Gasteiger partial charge in [-0.2, -0.15) is 0 Å². The Kier molecular flexibility index (Phi) is 18.8. The Morgan fingerprint density at radius 3 is 1.97 bits per heavy atom. The number of hydrogen-bond donors (Lipinski definition) is 11. The average Bonchev–Trinajstić information content (AvgIpc) is 3.12. The molecule has 2 heterocycles. The van der Waals surface area contributed by atoms with Gasteiger partial charge in [0.25, 0.3) is 5.91 Å². The van der Waals surface area contributed by atoms with Crippen molar-refractivity contribution < 1.29 is 77.9 Å². The first kappa shape index (κ1) is 53.7. The third-order valence-corrected chi connectivity index (χ3v) is 9.74. The molecule has 1 saturated heterocycles. The number of hydrogen-bond acceptors (Lipinski definition) is 19. The average molecular weight is 908 g/mol. The summed E-state index contributed by atoms with van der Waals surface area (Å²) in [5.41, 5.74) is 8.69. The largest absolute Gasteiger partial charge is 0.467 e. The minimum Gasteiger partial charge on any atom is -0.467 e. The van der Waals surface area contributed by atoms with Gasteiger partial charge in [-0.1, -0.05) is 0 Å². The van der Waals surface area contributed by atoms with Crippen molar-refractivity contribution in [3.63, 3.8) is 0 Å². The first-order chi connectivity index (χ1) is 28.9. The van der Waals surface area contributed by atoms with E-state index in [4.69, 9.17) is 44.6 Å². The van der Waals surface area contributed by atoms with Gasteiger partial charge >= 0.3 is 18.3 Å². The second-order valence-corrected chi connectivity index (χ2v) is 19.4. The lowest BCUT2D eigenvalue weighted by Crippen LogP contribution is -2.70. The molecule has 2 aliphatic heterocycles. The van der Waals surface area contributed by atoms with E-state index in [1.807, 2.05) is 0 Å². The van der Waals surface area contributed by atoms with Crippen molar-refractivity contribution >= 4 is 24.2 Å². The molecule has 1 unspecified atom stereocenters. The quantitative estimate of drug-likeness (QED) is 0.0821. The highest BCUT2D eigenvalue weighted by Crippen LogP contribution is 2.34. The summed E-state index contributed by atoms with van der Waals surface area (Å²) in [7, 11) is 1.32. The molecule has 0 radical (unpaired) electrons. The van der Waals surface area contributed by atoms with Gasteiger partial charge < -0.3 is 96.3 Å². The van der Waals surface area contributed by atoms with E-state index in [1.165, 1.54) is 14.0 Å². The van der Waals surface area contributed by atoms with Crippen LogP contribution in [0.3, 0.4) is 0 Å². The Balaban J connectivity index is 1.78. The van der Waals surface area contributed by atoms with E-state index >= 15 is 0 Å². The van der Waals surface area contributed by atoms with Gasteiger partial charge in [-0.25, -0.2) is 14.4 Å². The van der Waals surface area contributed by atoms with E-state index in [9.17, 15) is 44.7 Å². The van der Waals surface area contributed by atoms with Gasteiger partial charge in [-0.15, -0.1) is 0 Å². The van der Waals surface area contributed by atoms with Crippen LogP contribution >= 0.6 is 0 Å². The normalized spacial score (nSPS) is 31.3. The predicted molar refractivity (Wildman–Crippen MR) is 223 cm³/mol. The van der Waals surface area contributed by atoms with Gasteiger partial charge in [0, 0.05) is 26.2 Å². The van der Waals surface area contributed by atoms with E-state index in [-0.39, 0.29) is 32.5 Å². The lowest BCUT2D eigenvalue weighted by Gasteiger charge is -2.50. The van der Waals surface area contributed by atoms with Gasteiger partial charge in [0.1, 0.15) is 58.7 Å². The molecule has 0 aromatic rings. The van der Waals surface area contributed by atoms with Crippen LogP contribution < -0.4 is 32.7 Å². The lowest BCUT2D eigenvalue weighted by molar-refractivity contribution is -0.310. The molecule has 0 aromatic heterocycles. The highest BCUT2D eigenvalue weighted by Gasteiger charge is 2.54. The number of aliphatic hydroxyl groups is 5. The van der Waals surface area contributed by atoms with Gasteiger partial charge in [-0.05, 0) is 88.2 Å². The van der Waals surface area contributed by atoms with Crippen LogP contribution in [0.15, 0.2) is 11.8 Å². The maximum Gasteiger partial charge on any atom is 0.410 e. The van der Waals surface area contributed by atoms with E-state index in [1.54, 1.807) is 68.4 Å². The van der Waals surface area contributed by atoms with E-state index in [0.717, 1.165) is 4.90 Å². The Labute approximate surface area is 368 Å². The van der Waals surface area contributed by atoms with E-state index < -0.39 is 133 Å². The van der Waals surface area contributed by atoms with Crippen molar-refractivity contribution in [3.8, 4) is 0 Å². The topological polar surface area (TPSA) is 337 Å². The second kappa shape index (κ2) is 22.0. The first-order valence-corrected chi connectivity index (χ1v) is 21.0. The fraction of sp³-hybridized carbons (Fsp3) is 0.850. The molecular weight excluding hydrogens is 834 g/mol. The molecule has 23 heteroatoms. The van der Waals surface area contributed by atoms with Crippen molar-refractivity contribution in [2.24, 2.45) is 11.5 Å². The summed E-state index contributed by atoms with van der Waals surface area (Å²) < 4.78 is 40.1. The molecule has 23 nitrogen and oxygen atoms in total. The van der Waals surface area contributed by atoms with Gasteiger partial charge in [0.2, 0.25) is 6.29 Å². The third-order valence-electron chi connectivity index (χ3n) is 9.74. The monoisotopic (exact) mass is 908 g/mol. The summed E-state index contributed by atoms with van der Waals surface area (Å²) in [5.74, 6) is -0.588. The van der Waals surface area contributed by atoms with Crippen LogP contribution in [-0.4, -0.2) is 190 Å². The highest BCUT2D eigenvalue weighted by molar-refractivity contribution is 5.82. The van der Waals surface area contributed by atoms with E-state index in [2.05, 4.69) is 21.3 Å². The molecular formula is C40H73N7O16. The number of alkyl carbamates (subject to hydrolysis) is 2. The molecule has 364 valence electrons. The Bertz CT molecular complexity index is 1570. The summed E-state index contributed by atoms with van der Waals surface area (Å²) in [6, 6.07) is -4.31. The molecule has 2 fully saturated rings. The molecule has 13 atom stereocenters. The summed E-state index contributed by atoms with van der Waals surface area (Å²) in [4.78, 5) is 51.6. The van der Waals surface area contributed by atoms with Crippen molar-refractivity contribution in [1.82, 2.24) is 26.2 Å². The number of nitrogens with two attached hydrogens (primary N) is 2. The minimum absolute atomic E-state index is 0.0666.